The van der Waals surface area contributed by atoms with Gasteiger partial charge >= 0.3 is 0 Å². The first kappa shape index (κ1) is 18.2. The summed E-state index contributed by atoms with van der Waals surface area (Å²) >= 11 is 7.69. The second-order valence-corrected chi connectivity index (χ2v) is 6.98. The van der Waals surface area contributed by atoms with E-state index in [0.717, 1.165) is 15.6 Å². The number of hydrazone groups is 1. The molecular weight excluding hydrogens is 372 g/mol. The van der Waals surface area contributed by atoms with Crippen LogP contribution in [0.2, 0.25) is 5.02 Å². The number of nitrogens with one attached hydrogen (secondary N) is 1. The molecule has 1 N–H and O–H groups in total. The van der Waals surface area contributed by atoms with E-state index < -0.39 is 0 Å². The third-order valence-corrected chi connectivity index (χ3v) is 5.46. The number of ether oxygens (including phenoxy) is 2. The largest absolute Gasteiger partial charge is 0.497 e. The minimum Gasteiger partial charge on any atom is -0.497 e. The third kappa shape index (κ3) is 3.66. The van der Waals surface area contributed by atoms with E-state index in [1.54, 1.807) is 32.4 Å². The molecular formula is C19H17ClN2O3S. The molecule has 0 fully saturated rings. The molecule has 26 heavy (non-hydrogen) atoms. The average Bonchev–Trinajstić information content (AvgIpc) is 2.97. The van der Waals surface area contributed by atoms with Crippen LogP contribution in [0.5, 0.6) is 11.5 Å². The van der Waals surface area contributed by atoms with Gasteiger partial charge in [-0.1, -0.05) is 23.7 Å². The number of carbonyl (C=O) groups is 1. The van der Waals surface area contributed by atoms with E-state index >= 15 is 0 Å². The Morgan fingerprint density at radius 1 is 1.19 bits per heavy atom. The van der Waals surface area contributed by atoms with Crippen molar-refractivity contribution >= 4 is 45.1 Å². The van der Waals surface area contributed by atoms with Crippen molar-refractivity contribution in [2.45, 2.75) is 6.92 Å². The summed E-state index contributed by atoms with van der Waals surface area (Å²) in [5, 5.41) is 5.33. The molecule has 0 unspecified atom stereocenters. The number of fused-ring (bicyclic) bond motifs is 1. The zero-order chi connectivity index (χ0) is 18.7. The highest BCUT2D eigenvalue weighted by Crippen LogP contribution is 2.35. The molecule has 2 aromatic carbocycles. The first-order valence-electron chi connectivity index (χ1n) is 7.77. The highest BCUT2D eigenvalue weighted by Gasteiger charge is 2.16. The lowest BCUT2D eigenvalue weighted by molar-refractivity contribution is 0.0959. The van der Waals surface area contributed by atoms with Gasteiger partial charge in [0.05, 0.1) is 25.5 Å². The smallest absolute Gasteiger partial charge is 0.283 e. The van der Waals surface area contributed by atoms with E-state index in [4.69, 9.17) is 21.1 Å². The van der Waals surface area contributed by atoms with Gasteiger partial charge in [0.2, 0.25) is 0 Å². The number of rotatable bonds is 5. The second-order valence-electron chi connectivity index (χ2n) is 5.55. The predicted molar refractivity (Wildman–Crippen MR) is 106 cm³/mol. The van der Waals surface area contributed by atoms with E-state index in [9.17, 15) is 4.79 Å². The van der Waals surface area contributed by atoms with Crippen LogP contribution in [0, 0.1) is 6.92 Å². The van der Waals surface area contributed by atoms with Gasteiger partial charge in [-0.3, -0.25) is 4.79 Å². The Bertz CT molecular complexity index is 998. The van der Waals surface area contributed by atoms with Crippen molar-refractivity contribution < 1.29 is 14.3 Å². The molecule has 7 heteroatoms. The van der Waals surface area contributed by atoms with E-state index in [2.05, 4.69) is 10.5 Å². The normalized spacial score (nSPS) is 11.1. The number of methoxy groups -OCH3 is 2. The van der Waals surface area contributed by atoms with Crippen molar-refractivity contribution in [3.05, 3.63) is 57.4 Å². The number of nitrogens with zero attached hydrogens (tertiary/aromatic N) is 1. The van der Waals surface area contributed by atoms with E-state index in [0.29, 0.717) is 27.0 Å². The summed E-state index contributed by atoms with van der Waals surface area (Å²) in [7, 11) is 3.14. The molecule has 0 aliphatic carbocycles. The second kappa shape index (κ2) is 7.76. The summed E-state index contributed by atoms with van der Waals surface area (Å²) in [4.78, 5) is 12.9. The van der Waals surface area contributed by atoms with Gasteiger partial charge in [-0.15, -0.1) is 11.3 Å². The maximum atomic E-state index is 12.4. The lowest BCUT2D eigenvalue weighted by Crippen LogP contribution is -2.16. The van der Waals surface area contributed by atoms with Gasteiger partial charge < -0.3 is 9.47 Å². The summed E-state index contributed by atoms with van der Waals surface area (Å²) in [5.41, 5.74) is 4.35. The minimum atomic E-state index is -0.349. The van der Waals surface area contributed by atoms with Crippen LogP contribution in [0.15, 0.2) is 41.5 Å². The number of amides is 1. The number of aryl methyl sites for hydroxylation is 1. The Hall–Kier alpha value is -2.57. The number of carbonyl (C=O) groups excluding carboxylic acids is 1. The molecule has 3 aromatic rings. The van der Waals surface area contributed by atoms with Crippen molar-refractivity contribution in [1.82, 2.24) is 5.43 Å². The molecule has 134 valence electrons. The summed E-state index contributed by atoms with van der Waals surface area (Å²) < 4.78 is 11.4. The number of hydrogen-bond donors (Lipinski definition) is 1. The zero-order valence-electron chi connectivity index (χ0n) is 14.5. The van der Waals surface area contributed by atoms with Crippen molar-refractivity contribution in [2.24, 2.45) is 5.10 Å². The molecule has 3 rings (SSSR count). The van der Waals surface area contributed by atoms with Gasteiger partial charge in [-0.05, 0) is 30.7 Å². The molecule has 0 atom stereocenters. The maximum absolute atomic E-state index is 12.4. The monoisotopic (exact) mass is 388 g/mol. The molecule has 0 saturated carbocycles. The first-order valence-corrected chi connectivity index (χ1v) is 8.97. The van der Waals surface area contributed by atoms with Crippen LogP contribution in [0.25, 0.3) is 10.1 Å². The molecule has 0 radical (unpaired) electrons. The fraction of sp³-hybridized carbons (Fsp3) is 0.158. The van der Waals surface area contributed by atoms with Crippen molar-refractivity contribution in [1.29, 1.82) is 0 Å². The van der Waals surface area contributed by atoms with Crippen molar-refractivity contribution in [2.75, 3.05) is 14.2 Å². The topological polar surface area (TPSA) is 59.9 Å². The Labute approximate surface area is 160 Å². The molecule has 0 aliphatic rings. The zero-order valence-corrected chi connectivity index (χ0v) is 16.1. The number of benzene rings is 2. The van der Waals surface area contributed by atoms with E-state index in [1.807, 2.05) is 25.1 Å². The molecule has 1 aromatic heterocycles. The van der Waals surface area contributed by atoms with Gasteiger partial charge in [0.25, 0.3) is 5.91 Å². The minimum absolute atomic E-state index is 0.349. The predicted octanol–water partition coefficient (Wildman–Crippen LogP) is 4.64. The fourth-order valence-corrected chi connectivity index (χ4v) is 3.96. The van der Waals surface area contributed by atoms with Gasteiger partial charge in [0.15, 0.2) is 0 Å². The Balaban J connectivity index is 1.79. The number of thiophene rings is 1. The Morgan fingerprint density at radius 3 is 2.73 bits per heavy atom. The highest BCUT2D eigenvalue weighted by molar-refractivity contribution is 7.21. The molecule has 0 aliphatic heterocycles. The van der Waals surface area contributed by atoms with Gasteiger partial charge in [0.1, 0.15) is 16.4 Å². The summed E-state index contributed by atoms with van der Waals surface area (Å²) in [6, 6.07) is 11.2. The van der Waals surface area contributed by atoms with Crippen LogP contribution in [-0.2, 0) is 0 Å². The van der Waals surface area contributed by atoms with Crippen LogP contribution in [0.3, 0.4) is 0 Å². The fourth-order valence-electron chi connectivity index (χ4n) is 2.45. The SMILES string of the molecule is COc1ccc(/C=N/NC(=O)c2sc3cc(C)ccc3c2Cl)c(OC)c1. The lowest BCUT2D eigenvalue weighted by atomic mass is 10.2. The van der Waals surface area contributed by atoms with E-state index in [1.165, 1.54) is 17.6 Å². The van der Waals surface area contributed by atoms with Crippen molar-refractivity contribution in [3.63, 3.8) is 0 Å². The maximum Gasteiger partial charge on any atom is 0.283 e. The molecule has 5 nitrogen and oxygen atoms in total. The summed E-state index contributed by atoms with van der Waals surface area (Å²) in [6.45, 7) is 2.00. The summed E-state index contributed by atoms with van der Waals surface area (Å²) in [5.74, 6) is 0.922. The lowest BCUT2D eigenvalue weighted by Gasteiger charge is -2.06. The number of halogens is 1. The van der Waals surface area contributed by atoms with Crippen LogP contribution >= 0.6 is 22.9 Å². The van der Waals surface area contributed by atoms with E-state index in [-0.39, 0.29) is 5.91 Å². The molecule has 1 amide bonds. The first-order chi connectivity index (χ1) is 12.5. The molecule has 0 bridgehead atoms. The Morgan fingerprint density at radius 2 is 2.00 bits per heavy atom. The molecule has 0 saturated heterocycles. The molecule has 1 heterocycles. The van der Waals surface area contributed by atoms with Crippen LogP contribution in [0.1, 0.15) is 20.8 Å². The number of hydrogen-bond acceptors (Lipinski definition) is 5. The van der Waals surface area contributed by atoms with Crippen LogP contribution < -0.4 is 14.9 Å². The van der Waals surface area contributed by atoms with Gasteiger partial charge in [-0.25, -0.2) is 5.43 Å². The average molecular weight is 389 g/mol. The Kier molecular flexibility index (Phi) is 5.44. The van der Waals surface area contributed by atoms with Gasteiger partial charge in [-0.2, -0.15) is 5.10 Å². The standard InChI is InChI=1S/C19H17ClN2O3S/c1-11-4-7-14-16(8-11)26-18(17(14)20)19(23)22-21-10-12-5-6-13(24-2)9-15(12)25-3/h4-10H,1-3H3,(H,22,23)/b21-10+. The quantitative estimate of drug-likeness (QED) is 0.511. The third-order valence-electron chi connectivity index (χ3n) is 3.80. The summed E-state index contributed by atoms with van der Waals surface area (Å²) in [6.07, 6.45) is 1.52. The van der Waals surface area contributed by atoms with Crippen LogP contribution in [-0.4, -0.2) is 26.3 Å². The molecule has 0 spiro atoms. The van der Waals surface area contributed by atoms with Crippen LogP contribution in [0.4, 0.5) is 0 Å². The highest BCUT2D eigenvalue weighted by atomic mass is 35.5. The van der Waals surface area contributed by atoms with Crippen molar-refractivity contribution in [3.8, 4) is 11.5 Å². The van der Waals surface area contributed by atoms with Gasteiger partial charge in [0, 0.05) is 21.7 Å².